The summed E-state index contributed by atoms with van der Waals surface area (Å²) in [5.41, 5.74) is 2.37. The molecule has 3 rings (SSSR count). The number of hydrogen-bond acceptors (Lipinski definition) is 5. The predicted octanol–water partition coefficient (Wildman–Crippen LogP) is 1.89. The lowest BCUT2D eigenvalue weighted by atomic mass is 9.88. The van der Waals surface area contributed by atoms with E-state index in [1.54, 1.807) is 6.07 Å². The van der Waals surface area contributed by atoms with E-state index in [9.17, 15) is 15.0 Å². The van der Waals surface area contributed by atoms with Crippen LogP contribution in [0, 0.1) is 0 Å². The first-order valence-electron chi connectivity index (χ1n) is 7.08. The van der Waals surface area contributed by atoms with Gasteiger partial charge < -0.3 is 14.9 Å². The lowest BCUT2D eigenvalue weighted by Crippen LogP contribution is -2.40. The summed E-state index contributed by atoms with van der Waals surface area (Å²) < 4.78 is 4.96. The lowest BCUT2D eigenvalue weighted by molar-refractivity contribution is -0.136. The monoisotopic (exact) mass is 289 g/mol. The molecule has 2 bridgehead atoms. The fourth-order valence-corrected chi connectivity index (χ4v) is 3.51. The van der Waals surface area contributed by atoms with Gasteiger partial charge in [-0.05, 0) is 49.6 Å². The summed E-state index contributed by atoms with van der Waals surface area (Å²) in [6.07, 6.45) is 2.75. The van der Waals surface area contributed by atoms with Gasteiger partial charge in [0.25, 0.3) is 0 Å². The standard InChI is InChI=1S/C16H19NO4/c1-17-10-4-5-12(17)15(16(20)21-2)11(8-10)9-3-6-13(18)14(19)7-9/h3,6-7,10,12,18-19H,4-5,8H2,1-2H3/t10-,12+/m0/s1. The van der Waals surface area contributed by atoms with Crippen molar-refractivity contribution in [3.8, 4) is 11.5 Å². The predicted molar refractivity (Wildman–Crippen MR) is 77.9 cm³/mol. The van der Waals surface area contributed by atoms with Crippen LogP contribution < -0.4 is 0 Å². The number of carbonyl (C=O) groups excluding carboxylic acids is 1. The molecular weight excluding hydrogens is 270 g/mol. The van der Waals surface area contributed by atoms with Gasteiger partial charge >= 0.3 is 5.97 Å². The highest BCUT2D eigenvalue weighted by Crippen LogP contribution is 2.43. The molecule has 2 aliphatic heterocycles. The maximum atomic E-state index is 12.2. The molecule has 112 valence electrons. The molecule has 0 unspecified atom stereocenters. The van der Waals surface area contributed by atoms with Crippen LogP contribution in [-0.4, -0.2) is 47.3 Å². The smallest absolute Gasteiger partial charge is 0.335 e. The molecule has 2 aliphatic rings. The molecule has 5 nitrogen and oxygen atoms in total. The summed E-state index contributed by atoms with van der Waals surface area (Å²) in [6.45, 7) is 0. The molecule has 0 saturated carbocycles. The van der Waals surface area contributed by atoms with Crippen LogP contribution in [0.3, 0.4) is 0 Å². The lowest BCUT2D eigenvalue weighted by Gasteiger charge is -2.34. The number of nitrogens with zero attached hydrogens (tertiary/aromatic N) is 1. The third-order valence-corrected chi connectivity index (χ3v) is 4.67. The van der Waals surface area contributed by atoms with E-state index in [1.165, 1.54) is 19.2 Å². The first kappa shape index (κ1) is 13.9. The molecule has 2 atom stereocenters. The molecule has 0 amide bonds. The number of hydrogen-bond donors (Lipinski definition) is 2. The van der Waals surface area contributed by atoms with Crippen molar-refractivity contribution >= 4 is 11.5 Å². The van der Waals surface area contributed by atoms with E-state index in [-0.39, 0.29) is 23.5 Å². The number of benzene rings is 1. The Balaban J connectivity index is 2.13. The van der Waals surface area contributed by atoms with Crippen molar-refractivity contribution < 1.29 is 19.7 Å². The average molecular weight is 289 g/mol. The molecule has 1 aromatic carbocycles. The van der Waals surface area contributed by atoms with Crippen molar-refractivity contribution in [3.05, 3.63) is 29.3 Å². The van der Waals surface area contributed by atoms with Crippen LogP contribution in [0.4, 0.5) is 0 Å². The Morgan fingerprint density at radius 1 is 1.29 bits per heavy atom. The van der Waals surface area contributed by atoms with Gasteiger partial charge in [-0.2, -0.15) is 0 Å². The Morgan fingerprint density at radius 3 is 2.71 bits per heavy atom. The fourth-order valence-electron chi connectivity index (χ4n) is 3.51. The first-order chi connectivity index (χ1) is 10.0. The van der Waals surface area contributed by atoms with E-state index < -0.39 is 0 Å². The maximum absolute atomic E-state index is 12.2. The van der Waals surface area contributed by atoms with Gasteiger partial charge in [-0.25, -0.2) is 4.79 Å². The van der Waals surface area contributed by atoms with Crippen molar-refractivity contribution in [2.45, 2.75) is 31.3 Å². The Bertz CT molecular complexity index is 623. The van der Waals surface area contributed by atoms with Gasteiger partial charge in [0.1, 0.15) is 0 Å². The SMILES string of the molecule is COC(=O)C1=C(c2ccc(O)c(O)c2)C[C@@H]2CC[C@H]1N2C. The molecule has 5 heteroatoms. The number of fused-ring (bicyclic) bond motifs is 2. The quantitative estimate of drug-likeness (QED) is 0.642. The minimum Gasteiger partial charge on any atom is -0.504 e. The minimum absolute atomic E-state index is 0.0714. The van der Waals surface area contributed by atoms with Gasteiger partial charge in [-0.15, -0.1) is 0 Å². The van der Waals surface area contributed by atoms with Crippen LogP contribution in [0.2, 0.25) is 0 Å². The average Bonchev–Trinajstić information content (AvgIpc) is 2.72. The molecule has 2 heterocycles. The molecule has 1 aromatic rings. The number of phenols is 2. The number of ether oxygens (including phenoxy) is 1. The highest BCUT2D eigenvalue weighted by atomic mass is 16.5. The Morgan fingerprint density at radius 2 is 2.05 bits per heavy atom. The normalized spacial score (nSPS) is 25.2. The first-order valence-corrected chi connectivity index (χ1v) is 7.08. The number of rotatable bonds is 2. The summed E-state index contributed by atoms with van der Waals surface area (Å²) in [6, 6.07) is 5.18. The van der Waals surface area contributed by atoms with Gasteiger partial charge in [0.15, 0.2) is 11.5 Å². The van der Waals surface area contributed by atoms with Gasteiger partial charge in [-0.1, -0.05) is 6.07 Å². The van der Waals surface area contributed by atoms with E-state index >= 15 is 0 Å². The summed E-state index contributed by atoms with van der Waals surface area (Å²) in [5.74, 6) is -0.639. The summed E-state index contributed by atoms with van der Waals surface area (Å²) in [4.78, 5) is 14.4. The van der Waals surface area contributed by atoms with E-state index in [0.717, 1.165) is 30.4 Å². The van der Waals surface area contributed by atoms with Crippen molar-refractivity contribution in [2.75, 3.05) is 14.2 Å². The molecule has 0 spiro atoms. The summed E-state index contributed by atoms with van der Waals surface area (Å²) in [7, 11) is 3.43. The van der Waals surface area contributed by atoms with Crippen LogP contribution >= 0.6 is 0 Å². The van der Waals surface area contributed by atoms with Gasteiger partial charge in [-0.3, -0.25) is 4.90 Å². The molecule has 0 radical (unpaired) electrons. The number of esters is 1. The van der Waals surface area contributed by atoms with E-state index in [2.05, 4.69) is 4.90 Å². The second kappa shape index (κ2) is 5.07. The number of aromatic hydroxyl groups is 2. The van der Waals surface area contributed by atoms with Crippen LogP contribution in [0.1, 0.15) is 24.8 Å². The molecular formula is C16H19NO4. The molecule has 0 aliphatic carbocycles. The number of carbonyl (C=O) groups is 1. The second-order valence-electron chi connectivity index (χ2n) is 5.70. The van der Waals surface area contributed by atoms with Crippen LogP contribution in [0.25, 0.3) is 5.57 Å². The number of phenolic OH excluding ortho intramolecular Hbond substituents is 2. The molecule has 0 aromatic heterocycles. The van der Waals surface area contributed by atoms with Gasteiger partial charge in [0.05, 0.1) is 12.7 Å². The Labute approximate surface area is 123 Å². The van der Waals surface area contributed by atoms with E-state index in [4.69, 9.17) is 4.74 Å². The third-order valence-electron chi connectivity index (χ3n) is 4.67. The van der Waals surface area contributed by atoms with Crippen molar-refractivity contribution in [2.24, 2.45) is 0 Å². The minimum atomic E-state index is -0.310. The number of likely N-dealkylation sites (N-methyl/N-ethyl adjacent to an activating group) is 1. The van der Waals surface area contributed by atoms with Crippen LogP contribution in [-0.2, 0) is 9.53 Å². The molecule has 1 saturated heterocycles. The Hall–Kier alpha value is -2.01. The third kappa shape index (κ3) is 2.17. The van der Waals surface area contributed by atoms with Crippen molar-refractivity contribution in [3.63, 3.8) is 0 Å². The highest BCUT2D eigenvalue weighted by Gasteiger charge is 2.42. The summed E-state index contributed by atoms with van der Waals surface area (Å²) in [5, 5.41) is 19.2. The summed E-state index contributed by atoms with van der Waals surface area (Å²) >= 11 is 0. The zero-order chi connectivity index (χ0) is 15.1. The molecule has 1 fully saturated rings. The topological polar surface area (TPSA) is 70.0 Å². The van der Waals surface area contributed by atoms with Crippen LogP contribution in [0.15, 0.2) is 23.8 Å². The van der Waals surface area contributed by atoms with Gasteiger partial charge in [0.2, 0.25) is 0 Å². The zero-order valence-corrected chi connectivity index (χ0v) is 12.2. The van der Waals surface area contributed by atoms with Crippen molar-refractivity contribution in [1.29, 1.82) is 0 Å². The van der Waals surface area contributed by atoms with Crippen LogP contribution in [0.5, 0.6) is 11.5 Å². The molecule has 2 N–H and O–H groups in total. The van der Waals surface area contributed by atoms with E-state index in [1.807, 2.05) is 7.05 Å². The fraction of sp³-hybridized carbons (Fsp3) is 0.438. The maximum Gasteiger partial charge on any atom is 0.335 e. The van der Waals surface area contributed by atoms with Crippen molar-refractivity contribution in [1.82, 2.24) is 4.90 Å². The van der Waals surface area contributed by atoms with Gasteiger partial charge in [0, 0.05) is 12.1 Å². The zero-order valence-electron chi connectivity index (χ0n) is 12.2. The largest absolute Gasteiger partial charge is 0.504 e. The second-order valence-corrected chi connectivity index (χ2v) is 5.70. The highest BCUT2D eigenvalue weighted by molar-refractivity contribution is 6.00. The Kier molecular flexibility index (Phi) is 3.37. The number of methoxy groups -OCH3 is 1. The van der Waals surface area contributed by atoms with E-state index in [0.29, 0.717) is 11.6 Å². The molecule has 21 heavy (non-hydrogen) atoms.